The van der Waals surface area contributed by atoms with E-state index in [-0.39, 0.29) is 39.9 Å². The number of carboxylic acids is 1. The number of fused-ring (bicyclic) bond motifs is 1. The number of hydrogen-bond donors (Lipinski definition) is 6. The first-order chi connectivity index (χ1) is 20.9. The van der Waals surface area contributed by atoms with Crippen molar-refractivity contribution in [2.24, 2.45) is 0 Å². The Kier molecular flexibility index (Phi) is 10.5. The van der Waals surface area contributed by atoms with E-state index >= 15 is 0 Å². The van der Waals surface area contributed by atoms with Crippen LogP contribution >= 0.6 is 11.6 Å². The van der Waals surface area contributed by atoms with Crippen LogP contribution in [0.1, 0.15) is 43.1 Å². The largest absolute Gasteiger partial charge is 0.490 e. The molecule has 6 N–H and O–H groups in total. The number of nitrogens with zero attached hydrogens (tertiary/aromatic N) is 2. The average molecular weight is 654 g/mol. The third-order valence-electron chi connectivity index (χ3n) is 6.39. The predicted molar refractivity (Wildman–Crippen MR) is 157 cm³/mol. The molecule has 0 spiro atoms. The summed E-state index contributed by atoms with van der Waals surface area (Å²) < 4.78 is 46.3. The number of nitrogens with one attached hydrogen (secondary N) is 5. The van der Waals surface area contributed by atoms with Crippen molar-refractivity contribution < 1.29 is 41.8 Å². The van der Waals surface area contributed by atoms with Gasteiger partial charge in [-0.05, 0) is 41.7 Å². The summed E-state index contributed by atoms with van der Waals surface area (Å²) in [5.41, 5.74) is 1.66. The Balaban J connectivity index is 0.000000707. The Morgan fingerprint density at radius 1 is 1.13 bits per heavy atom. The normalized spacial score (nSPS) is 15.2. The van der Waals surface area contributed by atoms with Gasteiger partial charge >= 0.3 is 12.1 Å². The number of benzene rings is 2. The number of halogens is 5. The standard InChI is InChI=1S/C26H27ClFN7O3.C2HF3O2/c1-13(36)31-20-11-26(2,3)16-9-8-14(10-19(16)33-24(20)38)32-25-30-12-17(27)22(35-25)34-21-15(23(37)29-4)6-5-7-18(21)28;3-2(4,5)1(6)7/h5-10,12,20H,11H2,1-4H3,(H,29,37)(H,31,36)(H,33,38)(H2,30,32,34,35);(H,6,7). The molecule has 0 saturated heterocycles. The molecule has 2 aromatic carbocycles. The second-order valence-electron chi connectivity index (χ2n) is 10.3. The van der Waals surface area contributed by atoms with Crippen LogP contribution in [0, 0.1) is 5.82 Å². The maximum absolute atomic E-state index is 14.6. The van der Waals surface area contributed by atoms with Gasteiger partial charge in [-0.25, -0.2) is 14.2 Å². The van der Waals surface area contributed by atoms with Gasteiger partial charge in [-0.1, -0.05) is 37.6 Å². The fourth-order valence-electron chi connectivity index (χ4n) is 4.35. The minimum absolute atomic E-state index is 0.0814. The molecule has 1 aliphatic heterocycles. The van der Waals surface area contributed by atoms with Crippen LogP contribution in [0.2, 0.25) is 5.02 Å². The number of hydrogen-bond acceptors (Lipinski definition) is 8. The Hall–Kier alpha value is -4.99. The van der Waals surface area contributed by atoms with Gasteiger partial charge < -0.3 is 31.7 Å². The van der Waals surface area contributed by atoms with E-state index in [9.17, 15) is 31.9 Å². The van der Waals surface area contributed by atoms with Gasteiger partial charge in [-0.3, -0.25) is 14.4 Å². The van der Waals surface area contributed by atoms with Gasteiger partial charge in [0.15, 0.2) is 5.82 Å². The lowest BCUT2D eigenvalue weighted by atomic mass is 9.79. The Morgan fingerprint density at radius 3 is 2.40 bits per heavy atom. The zero-order valence-electron chi connectivity index (χ0n) is 24.2. The number of carboxylic acid groups (broad SMARTS) is 1. The minimum Gasteiger partial charge on any atom is -0.475 e. The lowest BCUT2D eigenvalue weighted by molar-refractivity contribution is -0.192. The van der Waals surface area contributed by atoms with E-state index in [0.29, 0.717) is 17.8 Å². The summed E-state index contributed by atoms with van der Waals surface area (Å²) in [5, 5.41) is 21.2. The van der Waals surface area contributed by atoms with Crippen LogP contribution in [-0.4, -0.2) is 58.0 Å². The molecule has 4 rings (SSSR count). The highest BCUT2D eigenvalue weighted by Crippen LogP contribution is 2.38. The van der Waals surface area contributed by atoms with Crippen LogP contribution in [0.3, 0.4) is 0 Å². The van der Waals surface area contributed by atoms with Crippen molar-refractivity contribution in [2.75, 3.05) is 23.0 Å². The third kappa shape index (κ3) is 8.78. The molecule has 240 valence electrons. The molecule has 1 aromatic heterocycles. The smallest absolute Gasteiger partial charge is 0.475 e. The summed E-state index contributed by atoms with van der Waals surface area (Å²) in [6.45, 7) is 5.38. The second kappa shape index (κ2) is 13.8. The van der Waals surface area contributed by atoms with Crippen molar-refractivity contribution in [1.82, 2.24) is 20.6 Å². The van der Waals surface area contributed by atoms with E-state index in [1.54, 1.807) is 6.07 Å². The molecule has 0 aliphatic carbocycles. The lowest BCUT2D eigenvalue weighted by Crippen LogP contribution is -2.44. The summed E-state index contributed by atoms with van der Waals surface area (Å²) in [5.74, 6) is -4.26. The van der Waals surface area contributed by atoms with Gasteiger partial charge in [0, 0.05) is 25.3 Å². The molecule has 0 bridgehead atoms. The highest BCUT2D eigenvalue weighted by molar-refractivity contribution is 6.33. The Bertz CT molecular complexity index is 1640. The van der Waals surface area contributed by atoms with Crippen molar-refractivity contribution >= 4 is 64.1 Å². The zero-order chi connectivity index (χ0) is 33.7. The number of alkyl halides is 3. The summed E-state index contributed by atoms with van der Waals surface area (Å²) >= 11 is 6.26. The zero-order valence-corrected chi connectivity index (χ0v) is 24.9. The molecule has 0 fully saturated rings. The van der Waals surface area contributed by atoms with Crippen molar-refractivity contribution in [1.29, 1.82) is 0 Å². The molecule has 45 heavy (non-hydrogen) atoms. The summed E-state index contributed by atoms with van der Waals surface area (Å²) in [7, 11) is 1.45. The topological polar surface area (TPSA) is 174 Å². The fraction of sp³-hybridized carbons (Fsp3) is 0.286. The first-order valence-electron chi connectivity index (χ1n) is 13.0. The highest BCUT2D eigenvalue weighted by atomic mass is 35.5. The SMILES string of the molecule is CNC(=O)c1cccc(F)c1Nc1nc(Nc2ccc3c(c2)NC(=O)C(NC(C)=O)CC3(C)C)ncc1Cl.O=C(O)C(F)(F)F. The third-order valence-corrected chi connectivity index (χ3v) is 6.66. The molecule has 1 atom stereocenters. The molecule has 3 amide bonds. The molecule has 1 unspecified atom stereocenters. The highest BCUT2D eigenvalue weighted by Gasteiger charge is 2.38. The van der Waals surface area contributed by atoms with Crippen LogP contribution in [-0.2, 0) is 19.8 Å². The van der Waals surface area contributed by atoms with Crippen LogP contribution < -0.4 is 26.6 Å². The Morgan fingerprint density at radius 2 is 1.80 bits per heavy atom. The molecule has 2 heterocycles. The maximum atomic E-state index is 14.6. The molecular formula is C28H28ClF4N7O5. The number of carbonyl (C=O) groups excluding carboxylic acids is 3. The number of rotatable bonds is 6. The van der Waals surface area contributed by atoms with Crippen LogP contribution in [0.25, 0.3) is 0 Å². The molecule has 12 nitrogen and oxygen atoms in total. The number of anilines is 5. The summed E-state index contributed by atoms with van der Waals surface area (Å²) in [6.07, 6.45) is -3.31. The van der Waals surface area contributed by atoms with Crippen LogP contribution in [0.4, 0.5) is 46.4 Å². The number of para-hydroxylation sites is 1. The number of amides is 3. The van der Waals surface area contributed by atoms with Crippen molar-refractivity contribution in [3.63, 3.8) is 0 Å². The predicted octanol–water partition coefficient (Wildman–Crippen LogP) is 4.87. The van der Waals surface area contributed by atoms with Gasteiger partial charge in [-0.15, -0.1) is 0 Å². The second-order valence-corrected chi connectivity index (χ2v) is 10.7. The van der Waals surface area contributed by atoms with Gasteiger partial charge in [0.2, 0.25) is 17.8 Å². The van der Waals surface area contributed by atoms with Gasteiger partial charge in [0.25, 0.3) is 5.91 Å². The molecule has 0 radical (unpaired) electrons. The maximum Gasteiger partial charge on any atom is 0.490 e. The van der Waals surface area contributed by atoms with Crippen LogP contribution in [0.15, 0.2) is 42.6 Å². The monoisotopic (exact) mass is 653 g/mol. The minimum atomic E-state index is -5.08. The van der Waals surface area contributed by atoms with Gasteiger partial charge in [0.1, 0.15) is 16.9 Å². The van der Waals surface area contributed by atoms with Crippen molar-refractivity contribution in [3.05, 3.63) is 64.6 Å². The summed E-state index contributed by atoms with van der Waals surface area (Å²) in [4.78, 5) is 54.0. The van der Waals surface area contributed by atoms with E-state index in [0.717, 1.165) is 5.56 Å². The fourth-order valence-corrected chi connectivity index (χ4v) is 4.49. The first kappa shape index (κ1) is 34.5. The van der Waals surface area contributed by atoms with Gasteiger partial charge in [0.05, 0.1) is 17.4 Å². The molecule has 17 heteroatoms. The molecule has 3 aromatic rings. The van der Waals surface area contributed by atoms with Crippen molar-refractivity contribution in [2.45, 2.75) is 44.8 Å². The number of aromatic nitrogens is 2. The molecular weight excluding hydrogens is 626 g/mol. The van der Waals surface area contributed by atoms with Crippen molar-refractivity contribution in [3.8, 4) is 0 Å². The van der Waals surface area contributed by atoms with E-state index in [1.807, 2.05) is 26.0 Å². The van der Waals surface area contributed by atoms with Crippen LogP contribution in [0.5, 0.6) is 0 Å². The van der Waals surface area contributed by atoms with E-state index < -0.39 is 35.3 Å². The first-order valence-corrected chi connectivity index (χ1v) is 13.4. The Labute approximate surface area is 259 Å². The molecule has 0 saturated carbocycles. The molecule has 1 aliphatic rings. The number of aliphatic carboxylic acids is 1. The van der Waals surface area contributed by atoms with E-state index in [4.69, 9.17) is 21.5 Å². The lowest BCUT2D eigenvalue weighted by Gasteiger charge is -2.27. The van der Waals surface area contributed by atoms with E-state index in [1.165, 1.54) is 38.4 Å². The van der Waals surface area contributed by atoms with E-state index in [2.05, 4.69) is 36.6 Å². The average Bonchev–Trinajstić information content (AvgIpc) is 3.03. The number of carbonyl (C=O) groups is 4. The van der Waals surface area contributed by atoms with Gasteiger partial charge in [-0.2, -0.15) is 18.2 Å². The summed E-state index contributed by atoms with van der Waals surface area (Å²) in [6, 6.07) is 8.89. The quantitative estimate of drug-likeness (QED) is 0.203.